The van der Waals surface area contributed by atoms with Crippen molar-refractivity contribution in [3.63, 3.8) is 0 Å². The van der Waals surface area contributed by atoms with E-state index in [1.807, 2.05) is 6.92 Å². The van der Waals surface area contributed by atoms with E-state index in [1.54, 1.807) is 0 Å². The van der Waals surface area contributed by atoms with Crippen LogP contribution in [0.3, 0.4) is 0 Å². The summed E-state index contributed by atoms with van der Waals surface area (Å²) in [7, 11) is 1.32. The van der Waals surface area contributed by atoms with Gasteiger partial charge in [0.15, 0.2) is 0 Å². The Morgan fingerprint density at radius 2 is 2.18 bits per heavy atom. The molecule has 0 N–H and O–H groups in total. The average molecular weight is 195 g/mol. The second-order valence-electron chi connectivity index (χ2n) is 1.55. The second-order valence-corrected chi connectivity index (χ2v) is 3.14. The summed E-state index contributed by atoms with van der Waals surface area (Å²) in [6, 6.07) is 0. The maximum absolute atomic E-state index is 10.7. The lowest BCUT2D eigenvalue weighted by atomic mass is 11.0. The third-order valence-electron chi connectivity index (χ3n) is 0.743. The zero-order valence-electron chi connectivity index (χ0n) is 6.23. The van der Waals surface area contributed by atoms with Crippen LogP contribution in [0, 0.1) is 0 Å². The molecule has 0 aliphatic heterocycles. The van der Waals surface area contributed by atoms with Gasteiger partial charge in [-0.1, -0.05) is 19.6 Å². The van der Waals surface area contributed by atoms with Crippen LogP contribution in [0.4, 0.5) is 9.59 Å². The van der Waals surface area contributed by atoms with Crippen molar-refractivity contribution in [2.45, 2.75) is 6.92 Å². The van der Waals surface area contributed by atoms with Gasteiger partial charge in [0.25, 0.3) is 0 Å². The Kier molecular flexibility index (Phi) is 5.14. The molecule has 0 fully saturated rings. The van der Waals surface area contributed by atoms with Gasteiger partial charge in [-0.25, -0.2) is 4.79 Å². The fourth-order valence-corrected chi connectivity index (χ4v) is 0.736. The van der Waals surface area contributed by atoms with Gasteiger partial charge in [-0.15, -0.1) is 0 Å². The van der Waals surface area contributed by atoms with Crippen LogP contribution in [0.1, 0.15) is 6.92 Å². The standard InChI is InChI=1S/C5H9NO3S2/c1-3-11-5(8)9-6(2)4(7)10/h3H2,1-2H3,(H,7,10). The third kappa shape index (κ3) is 4.97. The molecule has 0 aliphatic rings. The summed E-state index contributed by atoms with van der Waals surface area (Å²) in [4.78, 5) is 25.5. The zero-order chi connectivity index (χ0) is 8.85. The van der Waals surface area contributed by atoms with Crippen LogP contribution >= 0.6 is 24.4 Å². The first-order valence-corrected chi connectivity index (χ1v) is 4.32. The van der Waals surface area contributed by atoms with E-state index >= 15 is 0 Å². The van der Waals surface area contributed by atoms with E-state index in [2.05, 4.69) is 17.5 Å². The molecule has 1 amide bonds. The number of hydroxylamine groups is 2. The van der Waals surface area contributed by atoms with Gasteiger partial charge in [0.1, 0.15) is 0 Å². The van der Waals surface area contributed by atoms with Crippen LogP contribution in [-0.4, -0.2) is 28.4 Å². The van der Waals surface area contributed by atoms with Gasteiger partial charge in [-0.3, -0.25) is 4.79 Å². The predicted molar refractivity (Wildman–Crippen MR) is 46.8 cm³/mol. The minimum absolute atomic E-state index is 0.502. The molecule has 0 radical (unpaired) electrons. The van der Waals surface area contributed by atoms with Crippen LogP contribution in [0.5, 0.6) is 0 Å². The minimum atomic E-state index is -0.602. The molecule has 0 spiro atoms. The Hall–Kier alpha value is -0.360. The number of amides is 1. The number of hydrogen-bond donors (Lipinski definition) is 1. The van der Waals surface area contributed by atoms with Crippen molar-refractivity contribution in [3.05, 3.63) is 0 Å². The first-order chi connectivity index (χ1) is 5.07. The Labute approximate surface area is 74.6 Å². The van der Waals surface area contributed by atoms with E-state index in [0.717, 1.165) is 16.8 Å². The van der Waals surface area contributed by atoms with E-state index in [-0.39, 0.29) is 0 Å². The highest BCUT2D eigenvalue weighted by Gasteiger charge is 2.09. The van der Waals surface area contributed by atoms with Crippen molar-refractivity contribution in [1.82, 2.24) is 5.06 Å². The van der Waals surface area contributed by atoms with Crippen molar-refractivity contribution in [1.29, 1.82) is 0 Å². The molecule has 0 aromatic rings. The van der Waals surface area contributed by atoms with Crippen molar-refractivity contribution in [2.24, 2.45) is 0 Å². The Morgan fingerprint density at radius 3 is 2.55 bits per heavy atom. The monoisotopic (exact) mass is 195 g/mol. The highest BCUT2D eigenvalue weighted by atomic mass is 32.2. The lowest BCUT2D eigenvalue weighted by Crippen LogP contribution is -2.23. The number of nitrogens with zero attached hydrogens (tertiary/aromatic N) is 1. The fraction of sp³-hybridized carbons (Fsp3) is 0.600. The maximum Gasteiger partial charge on any atom is 0.391 e. The largest absolute Gasteiger partial charge is 0.391 e. The normalized spacial score (nSPS) is 9.00. The summed E-state index contributed by atoms with van der Waals surface area (Å²) in [5.41, 5.74) is 0. The summed E-state index contributed by atoms with van der Waals surface area (Å²) in [5, 5.41) is -0.332. The molecule has 0 unspecified atom stereocenters. The molecule has 0 heterocycles. The highest BCUT2D eigenvalue weighted by molar-refractivity contribution is 8.13. The number of thioether (sulfide) groups is 1. The number of carbonyl (C=O) groups excluding carboxylic acids is 2. The number of carbonyl (C=O) groups is 2. The molecular weight excluding hydrogens is 186 g/mol. The number of hydrogen-bond acceptors (Lipinski definition) is 4. The highest BCUT2D eigenvalue weighted by Crippen LogP contribution is 2.06. The lowest BCUT2D eigenvalue weighted by Gasteiger charge is -2.11. The van der Waals surface area contributed by atoms with E-state index in [4.69, 9.17) is 0 Å². The molecule has 64 valence electrons. The SMILES string of the molecule is CCSC(=O)ON(C)C(=O)S. The van der Waals surface area contributed by atoms with Crippen LogP contribution in [0.25, 0.3) is 0 Å². The first-order valence-electron chi connectivity index (χ1n) is 2.89. The quantitative estimate of drug-likeness (QED) is 0.511. The van der Waals surface area contributed by atoms with Crippen molar-refractivity contribution in [2.75, 3.05) is 12.8 Å². The fourth-order valence-electron chi connectivity index (χ4n) is 0.295. The Bertz CT molecular complexity index is 162. The van der Waals surface area contributed by atoms with Crippen LogP contribution < -0.4 is 0 Å². The topological polar surface area (TPSA) is 46.6 Å². The molecule has 0 aliphatic carbocycles. The van der Waals surface area contributed by atoms with E-state index in [0.29, 0.717) is 5.75 Å². The van der Waals surface area contributed by atoms with Crippen LogP contribution in [0.15, 0.2) is 0 Å². The smallest absolute Gasteiger partial charge is 0.327 e. The van der Waals surface area contributed by atoms with Gasteiger partial charge in [-0.2, -0.15) is 5.06 Å². The maximum atomic E-state index is 10.7. The molecule has 6 heteroatoms. The molecule has 0 atom stereocenters. The van der Waals surface area contributed by atoms with Gasteiger partial charge in [0.2, 0.25) is 0 Å². The number of rotatable bonds is 1. The molecule has 0 aromatic heterocycles. The molecule has 0 bridgehead atoms. The summed E-state index contributed by atoms with van der Waals surface area (Å²) in [6.07, 6.45) is 0. The predicted octanol–water partition coefficient (Wildman–Crippen LogP) is 1.77. The summed E-state index contributed by atoms with van der Waals surface area (Å²) < 4.78 is 0. The van der Waals surface area contributed by atoms with Gasteiger partial charge in [0, 0.05) is 12.8 Å². The van der Waals surface area contributed by atoms with Crippen molar-refractivity contribution in [3.8, 4) is 0 Å². The van der Waals surface area contributed by atoms with Crippen LogP contribution in [0.2, 0.25) is 0 Å². The molecular formula is C5H9NO3S2. The van der Waals surface area contributed by atoms with E-state index in [1.165, 1.54) is 7.05 Å². The summed E-state index contributed by atoms with van der Waals surface area (Å²) in [6.45, 7) is 1.81. The van der Waals surface area contributed by atoms with Gasteiger partial charge in [0.05, 0.1) is 0 Å². The summed E-state index contributed by atoms with van der Waals surface area (Å²) >= 11 is 4.42. The van der Waals surface area contributed by atoms with Crippen molar-refractivity contribution >= 4 is 34.9 Å². The summed E-state index contributed by atoms with van der Waals surface area (Å²) in [5.74, 6) is 0.618. The average Bonchev–Trinajstić information content (AvgIpc) is 1.87. The van der Waals surface area contributed by atoms with Gasteiger partial charge in [-0.05, 0) is 11.8 Å². The van der Waals surface area contributed by atoms with Crippen LogP contribution in [-0.2, 0) is 4.84 Å². The Balaban J connectivity index is 3.66. The molecule has 11 heavy (non-hydrogen) atoms. The molecule has 0 saturated heterocycles. The first kappa shape index (κ1) is 10.6. The van der Waals surface area contributed by atoms with E-state index < -0.39 is 10.5 Å². The lowest BCUT2D eigenvalue weighted by molar-refractivity contribution is -0.0120. The molecule has 4 nitrogen and oxygen atoms in total. The third-order valence-corrected chi connectivity index (χ3v) is 1.62. The molecule has 0 aromatic carbocycles. The molecule has 0 saturated carbocycles. The van der Waals surface area contributed by atoms with Gasteiger partial charge < -0.3 is 4.84 Å². The van der Waals surface area contributed by atoms with Crippen molar-refractivity contribution < 1.29 is 14.4 Å². The zero-order valence-corrected chi connectivity index (χ0v) is 7.95. The van der Waals surface area contributed by atoms with E-state index in [9.17, 15) is 9.59 Å². The second kappa shape index (κ2) is 5.31. The minimum Gasteiger partial charge on any atom is -0.327 e. The van der Waals surface area contributed by atoms with Gasteiger partial charge >= 0.3 is 10.5 Å². The Morgan fingerprint density at radius 1 is 1.64 bits per heavy atom. The molecule has 0 rings (SSSR count). The number of thiol groups is 1.